The first-order chi connectivity index (χ1) is 15.0. The molecule has 1 atom stereocenters. The molecule has 1 unspecified atom stereocenters. The van der Waals surface area contributed by atoms with E-state index in [1.54, 1.807) is 25.4 Å². The molecule has 1 amide bonds. The monoisotopic (exact) mass is 420 g/mol. The van der Waals surface area contributed by atoms with Gasteiger partial charge in [-0.2, -0.15) is 0 Å². The highest BCUT2D eigenvalue weighted by Crippen LogP contribution is 2.32. The molecule has 6 heteroatoms. The van der Waals surface area contributed by atoms with E-state index in [-0.39, 0.29) is 17.7 Å². The van der Waals surface area contributed by atoms with E-state index < -0.39 is 6.10 Å². The van der Waals surface area contributed by atoms with Gasteiger partial charge in [-0.1, -0.05) is 30.9 Å². The van der Waals surface area contributed by atoms with Gasteiger partial charge in [0.05, 0.1) is 18.2 Å². The van der Waals surface area contributed by atoms with Crippen molar-refractivity contribution in [1.82, 2.24) is 5.32 Å². The third-order valence-electron chi connectivity index (χ3n) is 5.84. The molecule has 6 nitrogen and oxygen atoms in total. The maximum atomic E-state index is 13.3. The average Bonchev–Trinajstić information content (AvgIpc) is 2.79. The van der Waals surface area contributed by atoms with Crippen LogP contribution in [-0.2, 0) is 4.79 Å². The number of ketones is 1. The number of Topliss-reactive ketones (excluding diaryl/α,β-unsaturated/α-hetero) is 1. The summed E-state index contributed by atoms with van der Waals surface area (Å²) in [7, 11) is 1.61. The van der Waals surface area contributed by atoms with Crippen LogP contribution >= 0.6 is 0 Å². The molecule has 2 aliphatic rings. The summed E-state index contributed by atoms with van der Waals surface area (Å²) in [6.45, 7) is 1.93. The van der Waals surface area contributed by atoms with Crippen LogP contribution in [0.1, 0.15) is 48.0 Å². The summed E-state index contributed by atoms with van der Waals surface area (Å²) >= 11 is 0. The van der Waals surface area contributed by atoms with Crippen molar-refractivity contribution in [2.75, 3.05) is 12.4 Å². The number of hydrogen-bond acceptors (Lipinski definition) is 5. The van der Waals surface area contributed by atoms with Crippen LogP contribution in [0.15, 0.2) is 54.2 Å². The zero-order valence-electron chi connectivity index (χ0n) is 17.9. The van der Waals surface area contributed by atoms with Crippen LogP contribution in [0.2, 0.25) is 0 Å². The zero-order valence-corrected chi connectivity index (χ0v) is 17.9. The Kier molecular flexibility index (Phi) is 6.26. The summed E-state index contributed by atoms with van der Waals surface area (Å²) in [5, 5.41) is 6.22. The van der Waals surface area contributed by atoms with E-state index in [1.165, 1.54) is 6.42 Å². The van der Waals surface area contributed by atoms with Gasteiger partial charge in [0.1, 0.15) is 11.5 Å². The molecule has 2 aromatic rings. The summed E-state index contributed by atoms with van der Waals surface area (Å²) in [6.07, 6.45) is 5.94. The molecule has 1 saturated carbocycles. The second-order valence-corrected chi connectivity index (χ2v) is 8.14. The van der Waals surface area contributed by atoms with Gasteiger partial charge in [0, 0.05) is 17.9 Å². The van der Waals surface area contributed by atoms with Gasteiger partial charge < -0.3 is 20.1 Å². The first kappa shape index (κ1) is 21.0. The van der Waals surface area contributed by atoms with E-state index in [1.807, 2.05) is 37.3 Å². The smallest absolute Gasteiger partial charge is 0.266 e. The van der Waals surface area contributed by atoms with Gasteiger partial charge in [0.15, 0.2) is 5.78 Å². The third kappa shape index (κ3) is 4.74. The molecule has 2 aromatic carbocycles. The number of carbonyl (C=O) groups is 2. The van der Waals surface area contributed by atoms with E-state index in [9.17, 15) is 9.59 Å². The van der Waals surface area contributed by atoms with Gasteiger partial charge in [0.2, 0.25) is 6.10 Å². The lowest BCUT2D eigenvalue weighted by Crippen LogP contribution is -2.48. The first-order valence-electron chi connectivity index (χ1n) is 10.8. The minimum atomic E-state index is -0.990. The number of methoxy groups -OCH3 is 1. The van der Waals surface area contributed by atoms with Crippen molar-refractivity contribution < 1.29 is 19.1 Å². The number of aryl methyl sites for hydroxylation is 1. The summed E-state index contributed by atoms with van der Waals surface area (Å²) in [5.74, 6) is 0.717. The topological polar surface area (TPSA) is 76.7 Å². The summed E-state index contributed by atoms with van der Waals surface area (Å²) in [5.41, 5.74) is 2.51. The number of amides is 1. The molecule has 0 saturated heterocycles. The van der Waals surface area contributed by atoms with E-state index in [4.69, 9.17) is 9.47 Å². The molecule has 1 heterocycles. The molecule has 31 heavy (non-hydrogen) atoms. The number of ether oxygens (including phenoxy) is 2. The molecule has 1 fully saturated rings. The van der Waals surface area contributed by atoms with E-state index >= 15 is 0 Å². The van der Waals surface area contributed by atoms with Crippen molar-refractivity contribution in [3.05, 3.63) is 65.4 Å². The molecule has 0 aromatic heterocycles. The normalized spacial score (nSPS) is 20.0. The zero-order chi connectivity index (χ0) is 21.8. The van der Waals surface area contributed by atoms with E-state index in [2.05, 4.69) is 10.6 Å². The molecule has 1 aliphatic heterocycles. The Labute approximate surface area is 182 Å². The number of rotatable bonds is 5. The molecule has 2 N–H and O–H groups in total. The predicted molar refractivity (Wildman–Crippen MR) is 120 cm³/mol. The largest absolute Gasteiger partial charge is 0.497 e. The van der Waals surface area contributed by atoms with Crippen LogP contribution in [0.3, 0.4) is 0 Å². The number of carbonyl (C=O) groups excluding carboxylic acids is 2. The van der Waals surface area contributed by atoms with E-state index in [0.717, 1.165) is 42.7 Å². The molecule has 0 spiro atoms. The van der Waals surface area contributed by atoms with Crippen molar-refractivity contribution in [3.8, 4) is 11.5 Å². The van der Waals surface area contributed by atoms with Crippen molar-refractivity contribution in [2.24, 2.45) is 0 Å². The molecule has 0 radical (unpaired) electrons. The van der Waals surface area contributed by atoms with Crippen LogP contribution < -0.4 is 20.1 Å². The molecular formula is C25H28N2O4. The fourth-order valence-electron chi connectivity index (χ4n) is 4.10. The summed E-state index contributed by atoms with van der Waals surface area (Å²) in [6, 6.07) is 12.9. The SMILES string of the molecule is COc1ccc(N/C=C2\C(=O)c3cc(C)ccc3OC2C(=O)NC2CCCCC2)cc1. The molecule has 1 aliphatic carbocycles. The van der Waals surface area contributed by atoms with Crippen LogP contribution in [-0.4, -0.2) is 30.9 Å². The highest BCUT2D eigenvalue weighted by atomic mass is 16.5. The van der Waals surface area contributed by atoms with Gasteiger partial charge in [0.25, 0.3) is 5.91 Å². The van der Waals surface area contributed by atoms with Crippen molar-refractivity contribution in [1.29, 1.82) is 0 Å². The Morgan fingerprint density at radius 2 is 1.84 bits per heavy atom. The van der Waals surface area contributed by atoms with Gasteiger partial charge in [-0.3, -0.25) is 9.59 Å². The molecule has 0 bridgehead atoms. The van der Waals surface area contributed by atoms with Gasteiger partial charge in [-0.25, -0.2) is 0 Å². The third-order valence-corrected chi connectivity index (χ3v) is 5.84. The highest BCUT2D eigenvalue weighted by Gasteiger charge is 2.37. The Bertz CT molecular complexity index is 991. The maximum Gasteiger partial charge on any atom is 0.266 e. The molecule has 162 valence electrons. The predicted octanol–water partition coefficient (Wildman–Crippen LogP) is 4.39. The minimum Gasteiger partial charge on any atom is -0.497 e. The number of fused-ring (bicyclic) bond motifs is 1. The second kappa shape index (κ2) is 9.25. The molecular weight excluding hydrogens is 392 g/mol. The van der Waals surface area contributed by atoms with Crippen LogP contribution in [0.4, 0.5) is 5.69 Å². The number of nitrogens with one attached hydrogen (secondary N) is 2. The number of benzene rings is 2. The Morgan fingerprint density at radius 1 is 1.10 bits per heavy atom. The highest BCUT2D eigenvalue weighted by molar-refractivity contribution is 6.15. The van der Waals surface area contributed by atoms with Crippen LogP contribution in [0.5, 0.6) is 11.5 Å². The quantitative estimate of drug-likeness (QED) is 0.702. The summed E-state index contributed by atoms with van der Waals surface area (Å²) in [4.78, 5) is 26.4. The lowest BCUT2D eigenvalue weighted by molar-refractivity contribution is -0.127. The maximum absolute atomic E-state index is 13.3. The first-order valence-corrected chi connectivity index (χ1v) is 10.8. The lowest BCUT2D eigenvalue weighted by atomic mass is 9.92. The minimum absolute atomic E-state index is 0.134. The molecule has 4 rings (SSSR count). The van der Waals surface area contributed by atoms with E-state index in [0.29, 0.717) is 16.9 Å². The Balaban J connectivity index is 1.61. The van der Waals surface area contributed by atoms with Crippen LogP contribution in [0.25, 0.3) is 0 Å². The Hall–Kier alpha value is -3.28. The van der Waals surface area contributed by atoms with Crippen molar-refractivity contribution in [2.45, 2.75) is 51.2 Å². The number of hydrogen-bond donors (Lipinski definition) is 2. The van der Waals surface area contributed by atoms with Gasteiger partial charge in [-0.05, 0) is 56.2 Å². The van der Waals surface area contributed by atoms with Gasteiger partial charge in [-0.15, -0.1) is 0 Å². The standard InChI is InChI=1S/C25H28N2O4/c1-16-8-13-22-20(14-16)23(28)21(15-26-17-9-11-19(30-2)12-10-17)24(31-22)25(29)27-18-6-4-3-5-7-18/h8-15,18,24,26H,3-7H2,1-2H3,(H,27,29)/b21-15+. The average molecular weight is 421 g/mol. The lowest BCUT2D eigenvalue weighted by Gasteiger charge is -2.30. The Morgan fingerprint density at radius 3 is 2.55 bits per heavy atom. The van der Waals surface area contributed by atoms with Crippen molar-refractivity contribution in [3.63, 3.8) is 0 Å². The van der Waals surface area contributed by atoms with Gasteiger partial charge >= 0.3 is 0 Å². The number of anilines is 1. The summed E-state index contributed by atoms with van der Waals surface area (Å²) < 4.78 is 11.2. The second-order valence-electron chi connectivity index (χ2n) is 8.14. The van der Waals surface area contributed by atoms with Crippen molar-refractivity contribution >= 4 is 17.4 Å². The van der Waals surface area contributed by atoms with Crippen LogP contribution in [0, 0.1) is 6.92 Å². The fraction of sp³-hybridized carbons (Fsp3) is 0.360. The fourth-order valence-corrected chi connectivity index (χ4v) is 4.10.